The molecule has 0 radical (unpaired) electrons. The highest BCUT2D eigenvalue weighted by Gasteiger charge is 1.93. The summed E-state index contributed by atoms with van der Waals surface area (Å²) in [5, 5.41) is 13.8. The van der Waals surface area contributed by atoms with E-state index >= 15 is 0 Å². The van der Waals surface area contributed by atoms with Gasteiger partial charge in [0.25, 0.3) is 0 Å². The minimum Gasteiger partial charge on any atom is -0.356 e. The van der Waals surface area contributed by atoms with Crippen LogP contribution in [-0.4, -0.2) is 31.6 Å². The molecule has 13 heavy (non-hydrogen) atoms. The Bertz CT molecular complexity index is 185. The van der Waals surface area contributed by atoms with E-state index in [9.17, 15) is 0 Å². The lowest BCUT2D eigenvalue weighted by Crippen LogP contribution is -2.34. The molecule has 0 fully saturated rings. The number of aliphatic imine (C=N–C) groups is 1. The third kappa shape index (κ3) is 7.47. The van der Waals surface area contributed by atoms with Gasteiger partial charge in [0.15, 0.2) is 6.19 Å². The van der Waals surface area contributed by atoms with Gasteiger partial charge in [-0.1, -0.05) is 0 Å². The summed E-state index contributed by atoms with van der Waals surface area (Å²) in [6.07, 6.45) is 6.22. The molecule has 0 aromatic rings. The number of unbranched alkanes of at least 4 members (excludes halogenated alkanes) is 1. The van der Waals surface area contributed by atoms with Gasteiger partial charge in [-0.3, -0.25) is 10.3 Å². The predicted octanol–water partition coefficient (Wildman–Crippen LogP) is 0.776. The maximum absolute atomic E-state index is 8.32. The van der Waals surface area contributed by atoms with E-state index in [-0.39, 0.29) is 0 Å². The minimum absolute atomic E-state index is 0.548. The van der Waals surface area contributed by atoms with Gasteiger partial charge in [-0.2, -0.15) is 17.0 Å². The fraction of sp³-hybridized carbons (Fsp3) is 0.750. The first-order valence-electron chi connectivity index (χ1n) is 4.19. The van der Waals surface area contributed by atoms with E-state index in [1.165, 1.54) is 12.2 Å². The molecule has 0 aliphatic rings. The maximum Gasteiger partial charge on any atom is 0.204 e. The van der Waals surface area contributed by atoms with Crippen molar-refractivity contribution in [3.05, 3.63) is 0 Å². The molecule has 0 saturated heterocycles. The van der Waals surface area contributed by atoms with Gasteiger partial charge in [-0.15, -0.1) is 0 Å². The Morgan fingerprint density at radius 3 is 2.85 bits per heavy atom. The Hall–Kier alpha value is -0.890. The molecule has 0 saturated carbocycles. The van der Waals surface area contributed by atoms with Gasteiger partial charge in [-0.05, 0) is 24.9 Å². The largest absolute Gasteiger partial charge is 0.356 e. The normalized spacial score (nSPS) is 10.7. The molecule has 0 aromatic heterocycles. The number of nitrogens with zero attached hydrogens (tertiary/aromatic N) is 2. The van der Waals surface area contributed by atoms with Crippen LogP contribution in [0, 0.1) is 11.5 Å². The molecule has 0 rings (SSSR count). The summed E-state index contributed by atoms with van der Waals surface area (Å²) in [6, 6.07) is 0. The Labute approximate surface area is 83.8 Å². The van der Waals surface area contributed by atoms with Crippen LogP contribution in [-0.2, 0) is 0 Å². The molecule has 0 heterocycles. The molecule has 0 spiro atoms. The van der Waals surface area contributed by atoms with Crippen LogP contribution in [0.4, 0.5) is 0 Å². The summed E-state index contributed by atoms with van der Waals surface area (Å²) in [6.45, 7) is 0.863. The Morgan fingerprint density at radius 2 is 2.31 bits per heavy atom. The lowest BCUT2D eigenvalue weighted by molar-refractivity contribution is 0.750. The monoisotopic (exact) mass is 200 g/mol. The van der Waals surface area contributed by atoms with Crippen LogP contribution in [0.5, 0.6) is 0 Å². The Balaban J connectivity index is 3.35. The van der Waals surface area contributed by atoms with E-state index in [4.69, 9.17) is 5.26 Å². The summed E-state index contributed by atoms with van der Waals surface area (Å²) in [5.74, 6) is 1.73. The van der Waals surface area contributed by atoms with Crippen molar-refractivity contribution in [1.29, 1.82) is 5.26 Å². The van der Waals surface area contributed by atoms with E-state index in [2.05, 4.69) is 21.9 Å². The molecule has 5 heteroatoms. The number of nitrogens with one attached hydrogen (secondary N) is 2. The fourth-order valence-corrected chi connectivity index (χ4v) is 1.30. The van der Waals surface area contributed by atoms with Crippen molar-refractivity contribution < 1.29 is 0 Å². The second kappa shape index (κ2) is 9.20. The second-order valence-corrected chi connectivity index (χ2v) is 3.42. The van der Waals surface area contributed by atoms with Crippen LogP contribution in [0.15, 0.2) is 4.99 Å². The molecule has 0 atom stereocenters. The standard InChI is InChI=1S/C8H16N4S/c1-10-8(12-7-9)11-5-3-4-6-13-2/h3-6H2,1-2H3,(H2,10,11,12). The van der Waals surface area contributed by atoms with Gasteiger partial charge in [-0.25, -0.2) is 0 Å². The van der Waals surface area contributed by atoms with Crippen molar-refractivity contribution in [3.63, 3.8) is 0 Å². The molecular formula is C8H16N4S. The molecule has 74 valence electrons. The molecule has 0 unspecified atom stereocenters. The second-order valence-electron chi connectivity index (χ2n) is 2.44. The summed E-state index contributed by atoms with van der Waals surface area (Å²) in [5.41, 5.74) is 0. The fourth-order valence-electron chi connectivity index (χ4n) is 0.810. The number of nitriles is 1. The Kier molecular flexibility index (Phi) is 8.57. The number of thioether (sulfide) groups is 1. The lowest BCUT2D eigenvalue weighted by atomic mass is 10.3. The van der Waals surface area contributed by atoms with Crippen LogP contribution >= 0.6 is 11.8 Å². The average Bonchev–Trinajstić information content (AvgIpc) is 2.16. The van der Waals surface area contributed by atoms with Crippen LogP contribution in [0.3, 0.4) is 0 Å². The zero-order valence-corrected chi connectivity index (χ0v) is 8.95. The first-order valence-corrected chi connectivity index (χ1v) is 5.59. The number of hydrogen-bond donors (Lipinski definition) is 2. The molecule has 0 aliphatic heterocycles. The molecule has 0 aromatic carbocycles. The van der Waals surface area contributed by atoms with E-state index in [1.807, 2.05) is 18.0 Å². The van der Waals surface area contributed by atoms with Gasteiger partial charge < -0.3 is 5.32 Å². The first kappa shape index (κ1) is 12.1. The number of hydrogen-bond acceptors (Lipinski definition) is 3. The van der Waals surface area contributed by atoms with Gasteiger partial charge in [0.05, 0.1) is 0 Å². The summed E-state index contributed by atoms with van der Waals surface area (Å²) in [7, 11) is 1.65. The highest BCUT2D eigenvalue weighted by atomic mass is 32.2. The SMILES string of the molecule is CN=C(NC#N)NCCCCSC. The average molecular weight is 200 g/mol. The maximum atomic E-state index is 8.32. The van der Waals surface area contributed by atoms with Crippen molar-refractivity contribution in [2.45, 2.75) is 12.8 Å². The Morgan fingerprint density at radius 1 is 1.54 bits per heavy atom. The molecule has 4 nitrogen and oxygen atoms in total. The molecule has 0 aliphatic carbocycles. The van der Waals surface area contributed by atoms with Crippen LogP contribution in [0.2, 0.25) is 0 Å². The van der Waals surface area contributed by atoms with Gasteiger partial charge in [0, 0.05) is 13.6 Å². The third-order valence-corrected chi connectivity index (χ3v) is 2.16. The van der Waals surface area contributed by atoms with Gasteiger partial charge in [0.1, 0.15) is 0 Å². The zero-order chi connectivity index (χ0) is 9.94. The van der Waals surface area contributed by atoms with E-state index in [1.54, 1.807) is 7.05 Å². The minimum atomic E-state index is 0.548. The van der Waals surface area contributed by atoms with E-state index in [0.717, 1.165) is 13.0 Å². The number of guanidine groups is 1. The number of rotatable bonds is 5. The smallest absolute Gasteiger partial charge is 0.204 e. The van der Waals surface area contributed by atoms with E-state index in [0.29, 0.717) is 5.96 Å². The quantitative estimate of drug-likeness (QED) is 0.226. The zero-order valence-electron chi connectivity index (χ0n) is 8.13. The highest BCUT2D eigenvalue weighted by Crippen LogP contribution is 1.97. The van der Waals surface area contributed by atoms with Crippen molar-refractivity contribution in [2.24, 2.45) is 4.99 Å². The molecule has 2 N–H and O–H groups in total. The van der Waals surface area contributed by atoms with Crippen molar-refractivity contribution in [2.75, 3.05) is 25.6 Å². The highest BCUT2D eigenvalue weighted by molar-refractivity contribution is 7.98. The van der Waals surface area contributed by atoms with Crippen molar-refractivity contribution in [3.8, 4) is 6.19 Å². The van der Waals surface area contributed by atoms with E-state index < -0.39 is 0 Å². The first-order chi connectivity index (χ1) is 6.35. The summed E-state index contributed by atoms with van der Waals surface area (Å²) >= 11 is 1.85. The predicted molar refractivity (Wildman–Crippen MR) is 57.7 cm³/mol. The molecule has 0 amide bonds. The van der Waals surface area contributed by atoms with Crippen molar-refractivity contribution in [1.82, 2.24) is 10.6 Å². The van der Waals surface area contributed by atoms with Crippen LogP contribution in [0.25, 0.3) is 0 Å². The van der Waals surface area contributed by atoms with Crippen LogP contribution < -0.4 is 10.6 Å². The third-order valence-electron chi connectivity index (χ3n) is 1.47. The van der Waals surface area contributed by atoms with Crippen molar-refractivity contribution >= 4 is 17.7 Å². The van der Waals surface area contributed by atoms with Gasteiger partial charge in [0.2, 0.25) is 5.96 Å². The van der Waals surface area contributed by atoms with Gasteiger partial charge >= 0.3 is 0 Å². The molecule has 0 bridgehead atoms. The van der Waals surface area contributed by atoms with Crippen LogP contribution in [0.1, 0.15) is 12.8 Å². The summed E-state index contributed by atoms with van der Waals surface area (Å²) in [4.78, 5) is 3.86. The molecular weight excluding hydrogens is 184 g/mol. The summed E-state index contributed by atoms with van der Waals surface area (Å²) < 4.78 is 0. The topological polar surface area (TPSA) is 60.2 Å². The lowest BCUT2D eigenvalue weighted by Gasteiger charge is -2.05.